The summed E-state index contributed by atoms with van der Waals surface area (Å²) in [5.74, 6) is 0. The van der Waals surface area contributed by atoms with Crippen molar-refractivity contribution in [1.82, 2.24) is 56.7 Å². The van der Waals surface area contributed by atoms with Crippen molar-refractivity contribution in [2.75, 3.05) is 0 Å². The van der Waals surface area contributed by atoms with Gasteiger partial charge in [-0.05, 0) is 96.1 Å². The second kappa shape index (κ2) is 11.5. The first-order valence-electron chi connectivity index (χ1n) is 19.8. The molecule has 0 aliphatic rings. The van der Waals surface area contributed by atoms with Crippen LogP contribution in [0.4, 0.5) is 0 Å². The predicted molar refractivity (Wildman–Crippen MR) is 234 cm³/mol. The van der Waals surface area contributed by atoms with Crippen LogP contribution in [-0.4, -0.2) is 56.7 Å². The Morgan fingerprint density at radius 2 is 0.483 bits per heavy atom. The molecule has 0 bridgehead atoms. The molecule has 282 valence electrons. The monoisotopic (exact) mass is 774 g/mol. The van der Waals surface area contributed by atoms with Gasteiger partial charge in [0.2, 0.25) is 0 Å². The summed E-state index contributed by atoms with van der Waals surface area (Å²) in [6, 6.07) is 55.8. The van der Waals surface area contributed by atoms with Gasteiger partial charge in [0.15, 0.2) is 0 Å². The van der Waals surface area contributed by atoms with Crippen molar-refractivity contribution in [3.8, 4) is 33.9 Å². The number of hydrogen-bond donors (Lipinski definition) is 0. The molecule has 12 nitrogen and oxygen atoms in total. The van der Waals surface area contributed by atoms with Gasteiger partial charge >= 0.3 is 0 Å². The third-order valence-electron chi connectivity index (χ3n) is 12.0. The van der Waals surface area contributed by atoms with Crippen LogP contribution in [-0.2, 0) is 0 Å². The highest BCUT2D eigenvalue weighted by Gasteiger charge is 2.21. The molecule has 0 saturated heterocycles. The zero-order valence-electron chi connectivity index (χ0n) is 31.7. The van der Waals surface area contributed by atoms with Crippen molar-refractivity contribution in [1.29, 1.82) is 0 Å². The number of rotatable bonds is 5. The summed E-state index contributed by atoms with van der Waals surface area (Å²) in [4.78, 5) is 0. The lowest BCUT2D eigenvalue weighted by atomic mass is 10.0. The van der Waals surface area contributed by atoms with Gasteiger partial charge in [-0.15, -0.1) is 0 Å². The van der Waals surface area contributed by atoms with Crippen molar-refractivity contribution < 1.29 is 0 Å². The van der Waals surface area contributed by atoms with E-state index in [-0.39, 0.29) is 0 Å². The molecule has 0 aliphatic carbocycles. The maximum absolute atomic E-state index is 4.75. The van der Waals surface area contributed by atoms with Crippen LogP contribution in [0.2, 0.25) is 0 Å². The van der Waals surface area contributed by atoms with Gasteiger partial charge in [0, 0.05) is 24.3 Å². The van der Waals surface area contributed by atoms with E-state index in [0.29, 0.717) is 0 Å². The largest absolute Gasteiger partial charge is 0.293 e. The summed E-state index contributed by atoms with van der Waals surface area (Å²) < 4.78 is 17.3. The number of para-hydroxylation sites is 8. The molecule has 0 spiro atoms. The lowest BCUT2D eigenvalue weighted by molar-refractivity contribution is 0.986. The normalized spacial score (nSPS) is 12.3. The minimum absolute atomic E-state index is 0.976. The maximum atomic E-state index is 4.75. The molecule has 8 heterocycles. The first kappa shape index (κ1) is 31.4. The standard InChI is InChI=1S/C48H30N12/c1-5-13-41-37(9-1)53(45-17-21-49-57(41)45)33-25-31(26-34(29-33)54-38-10-2-6-14-42(38)58-46(54)18-22-50-58)32-27-35(55-39-11-3-7-15-43(39)59-47(55)19-23-51-59)30-36(28-32)56-40-12-4-8-16-44(40)60-48(56)20-24-52-60/h1-30H. The summed E-state index contributed by atoms with van der Waals surface area (Å²) in [6.07, 6.45) is 7.47. The number of benzene rings is 6. The number of aromatic nitrogens is 12. The van der Waals surface area contributed by atoms with E-state index in [1.165, 1.54) is 0 Å². The van der Waals surface area contributed by atoms with Crippen LogP contribution < -0.4 is 0 Å². The van der Waals surface area contributed by atoms with E-state index in [1.54, 1.807) is 0 Å². The summed E-state index contributed by atoms with van der Waals surface area (Å²) >= 11 is 0. The van der Waals surface area contributed by atoms with E-state index in [9.17, 15) is 0 Å². The Labute approximate surface area is 338 Å². The van der Waals surface area contributed by atoms with E-state index in [1.807, 2.05) is 42.8 Å². The summed E-state index contributed by atoms with van der Waals surface area (Å²) in [6.45, 7) is 0. The zero-order chi connectivity index (χ0) is 39.1. The first-order valence-corrected chi connectivity index (χ1v) is 19.8. The predicted octanol–water partition coefficient (Wildman–Crippen LogP) is 9.72. The van der Waals surface area contributed by atoms with Crippen molar-refractivity contribution in [2.45, 2.75) is 0 Å². The minimum Gasteiger partial charge on any atom is -0.293 e. The quantitative estimate of drug-likeness (QED) is 0.174. The van der Waals surface area contributed by atoms with Gasteiger partial charge in [0.25, 0.3) is 0 Å². The third-order valence-corrected chi connectivity index (χ3v) is 12.0. The molecule has 14 aromatic rings. The molecule has 0 radical (unpaired) electrons. The van der Waals surface area contributed by atoms with Crippen LogP contribution in [0.3, 0.4) is 0 Å². The zero-order valence-corrected chi connectivity index (χ0v) is 31.7. The Hall–Kier alpha value is -8.64. The molecule has 60 heavy (non-hydrogen) atoms. The van der Waals surface area contributed by atoms with Crippen LogP contribution in [0, 0.1) is 0 Å². The Morgan fingerprint density at radius 1 is 0.250 bits per heavy atom. The average Bonchev–Trinajstić information content (AvgIpc) is 4.15. The lowest BCUT2D eigenvalue weighted by Crippen LogP contribution is -2.02. The fraction of sp³-hybridized carbons (Fsp3) is 0. The number of fused-ring (bicyclic) bond motifs is 12. The van der Waals surface area contributed by atoms with Crippen molar-refractivity contribution in [3.05, 3.63) is 183 Å². The molecule has 6 aromatic carbocycles. The highest BCUT2D eigenvalue weighted by Crippen LogP contribution is 2.37. The Bertz CT molecular complexity index is 3520. The molecular formula is C48H30N12. The van der Waals surface area contributed by atoms with Gasteiger partial charge in [-0.1, -0.05) is 48.5 Å². The van der Waals surface area contributed by atoms with Crippen LogP contribution in [0.15, 0.2) is 183 Å². The van der Waals surface area contributed by atoms with Crippen molar-refractivity contribution in [2.24, 2.45) is 0 Å². The van der Waals surface area contributed by atoms with Crippen LogP contribution >= 0.6 is 0 Å². The molecule has 0 aliphatic heterocycles. The van der Waals surface area contributed by atoms with E-state index >= 15 is 0 Å². The fourth-order valence-corrected chi connectivity index (χ4v) is 9.55. The molecule has 0 fully saturated rings. The fourth-order valence-electron chi connectivity index (χ4n) is 9.55. The number of nitrogens with zero attached hydrogens (tertiary/aromatic N) is 12. The Balaban J connectivity index is 1.12. The van der Waals surface area contributed by atoms with Crippen LogP contribution in [0.1, 0.15) is 0 Å². The molecule has 0 unspecified atom stereocenters. The Morgan fingerprint density at radius 3 is 0.733 bits per heavy atom. The molecule has 0 saturated carbocycles. The molecule has 14 rings (SSSR count). The topological polar surface area (TPSA) is 88.9 Å². The second-order valence-corrected chi connectivity index (χ2v) is 15.2. The summed E-state index contributed by atoms with van der Waals surface area (Å²) in [7, 11) is 0. The molecule has 12 heteroatoms. The minimum atomic E-state index is 0.976. The first-order chi connectivity index (χ1) is 29.8. The highest BCUT2D eigenvalue weighted by molar-refractivity contribution is 5.90. The average molecular weight is 775 g/mol. The van der Waals surface area contributed by atoms with Crippen LogP contribution in [0.25, 0.3) is 101 Å². The molecule has 8 aromatic heterocycles. The number of imidazole rings is 4. The van der Waals surface area contributed by atoms with Crippen LogP contribution in [0.5, 0.6) is 0 Å². The van der Waals surface area contributed by atoms with Gasteiger partial charge in [0.05, 0.1) is 91.7 Å². The maximum Gasteiger partial charge on any atom is 0.141 e. The van der Waals surface area contributed by atoms with Gasteiger partial charge in [0.1, 0.15) is 22.6 Å². The Kier molecular flexibility index (Phi) is 6.02. The summed E-state index contributed by atoms with van der Waals surface area (Å²) in [5.41, 5.74) is 18.4. The van der Waals surface area contributed by atoms with Crippen molar-refractivity contribution in [3.63, 3.8) is 0 Å². The lowest BCUT2D eigenvalue weighted by Gasteiger charge is -2.17. The smallest absolute Gasteiger partial charge is 0.141 e. The second-order valence-electron chi connectivity index (χ2n) is 15.2. The van der Waals surface area contributed by atoms with Gasteiger partial charge in [-0.25, -0.2) is 18.1 Å². The van der Waals surface area contributed by atoms with E-state index in [0.717, 1.165) is 101 Å². The highest BCUT2D eigenvalue weighted by atomic mass is 15.3. The van der Waals surface area contributed by atoms with E-state index in [4.69, 9.17) is 20.4 Å². The SMILES string of the molecule is c1ccc2c(c1)n(-c1cc(-c3cc(-n4c5ccccc5n5nccc45)cc(-n4c5ccccc5n5nccc45)c3)cc(-n3c4ccccc4n4nccc34)c1)c1ccnn21. The van der Waals surface area contributed by atoms with Gasteiger partial charge in [-0.3, -0.25) is 18.3 Å². The molecular weight excluding hydrogens is 745 g/mol. The molecule has 0 N–H and O–H groups in total. The van der Waals surface area contributed by atoms with Gasteiger partial charge < -0.3 is 0 Å². The van der Waals surface area contributed by atoms with E-state index in [2.05, 4.69) is 176 Å². The van der Waals surface area contributed by atoms with E-state index < -0.39 is 0 Å². The molecule has 0 atom stereocenters. The van der Waals surface area contributed by atoms with Gasteiger partial charge in [-0.2, -0.15) is 20.4 Å². The molecule has 0 amide bonds. The third kappa shape index (κ3) is 4.12. The number of hydrogen-bond acceptors (Lipinski definition) is 4. The summed E-state index contributed by atoms with van der Waals surface area (Å²) in [5, 5.41) is 19.0. The van der Waals surface area contributed by atoms with Crippen molar-refractivity contribution >= 4 is 66.7 Å².